The van der Waals surface area contributed by atoms with Gasteiger partial charge in [0.05, 0.1) is 17.4 Å². The fourth-order valence-corrected chi connectivity index (χ4v) is 3.71. The number of carbonyl (C=O) groups is 1. The van der Waals surface area contributed by atoms with Crippen LogP contribution >= 0.6 is 0 Å². The highest BCUT2D eigenvalue weighted by molar-refractivity contribution is 5.77. The minimum atomic E-state index is 0.207. The first kappa shape index (κ1) is 16.7. The first-order chi connectivity index (χ1) is 12.7. The Balaban J connectivity index is 1.40. The van der Waals surface area contributed by atoms with E-state index in [1.165, 1.54) is 0 Å². The minimum Gasteiger partial charge on any atom is -0.342 e. The zero-order valence-corrected chi connectivity index (χ0v) is 15.0. The van der Waals surface area contributed by atoms with E-state index in [1.807, 2.05) is 54.7 Å². The van der Waals surface area contributed by atoms with Crippen LogP contribution < -0.4 is 0 Å². The number of benzene rings is 1. The van der Waals surface area contributed by atoms with Gasteiger partial charge in [-0.05, 0) is 38.0 Å². The zero-order chi connectivity index (χ0) is 17.9. The van der Waals surface area contributed by atoms with Crippen LogP contribution in [-0.4, -0.2) is 43.4 Å². The second kappa shape index (κ2) is 7.23. The number of rotatable bonds is 4. The van der Waals surface area contributed by atoms with Crippen LogP contribution in [0.25, 0.3) is 11.0 Å². The molecule has 1 unspecified atom stereocenters. The molecule has 1 fully saturated rings. The van der Waals surface area contributed by atoms with Crippen LogP contribution in [-0.2, 0) is 11.3 Å². The average molecular weight is 349 g/mol. The van der Waals surface area contributed by atoms with Crippen molar-refractivity contribution in [2.24, 2.45) is 0 Å². The molecule has 3 aromatic rings. The minimum absolute atomic E-state index is 0.207. The number of likely N-dealkylation sites (tertiary alicyclic amines) is 1. The van der Waals surface area contributed by atoms with Gasteiger partial charge >= 0.3 is 0 Å². The summed E-state index contributed by atoms with van der Waals surface area (Å²) in [7, 11) is 0. The smallest absolute Gasteiger partial charge is 0.224 e. The number of nitrogens with zero attached hydrogens (tertiary/aromatic N) is 5. The van der Waals surface area contributed by atoms with Gasteiger partial charge in [0, 0.05) is 43.9 Å². The molecule has 1 atom stereocenters. The van der Waals surface area contributed by atoms with Gasteiger partial charge in [-0.15, -0.1) is 0 Å². The summed E-state index contributed by atoms with van der Waals surface area (Å²) in [4.78, 5) is 27.8. The Bertz CT molecular complexity index is 919. The maximum atomic E-state index is 12.7. The molecular formula is C20H23N5O. The second-order valence-electron chi connectivity index (χ2n) is 6.88. The number of carbonyl (C=O) groups excluding carboxylic acids is 1. The Morgan fingerprint density at radius 3 is 3.00 bits per heavy atom. The van der Waals surface area contributed by atoms with E-state index in [0.717, 1.165) is 48.5 Å². The summed E-state index contributed by atoms with van der Waals surface area (Å²) in [6.45, 7) is 4.15. The van der Waals surface area contributed by atoms with E-state index in [1.54, 1.807) is 0 Å². The summed E-state index contributed by atoms with van der Waals surface area (Å²) in [5, 5.41) is 0. The van der Waals surface area contributed by atoms with E-state index in [-0.39, 0.29) is 5.91 Å². The average Bonchev–Trinajstić information content (AvgIpc) is 3.09. The van der Waals surface area contributed by atoms with Crippen molar-refractivity contribution in [3.63, 3.8) is 0 Å². The number of para-hydroxylation sites is 2. The predicted molar refractivity (Wildman–Crippen MR) is 99.7 cm³/mol. The third-order valence-corrected chi connectivity index (χ3v) is 5.08. The highest BCUT2D eigenvalue weighted by atomic mass is 16.2. The van der Waals surface area contributed by atoms with E-state index < -0.39 is 0 Å². The van der Waals surface area contributed by atoms with Gasteiger partial charge in [0.2, 0.25) is 5.91 Å². The van der Waals surface area contributed by atoms with E-state index >= 15 is 0 Å². The molecule has 0 aliphatic carbocycles. The molecule has 6 heteroatoms. The van der Waals surface area contributed by atoms with Gasteiger partial charge < -0.3 is 9.47 Å². The molecule has 4 rings (SSSR count). The summed E-state index contributed by atoms with van der Waals surface area (Å²) in [5.74, 6) is 1.31. The number of aryl methyl sites for hydroxylation is 2. The third-order valence-electron chi connectivity index (χ3n) is 5.08. The second-order valence-corrected chi connectivity index (χ2v) is 6.88. The summed E-state index contributed by atoms with van der Waals surface area (Å²) in [6.07, 6.45) is 6.22. The molecule has 0 spiro atoms. The molecule has 1 amide bonds. The Hall–Kier alpha value is -2.76. The maximum Gasteiger partial charge on any atom is 0.224 e. The lowest BCUT2D eigenvalue weighted by Gasteiger charge is -2.32. The number of fused-ring (bicyclic) bond motifs is 1. The molecule has 1 aliphatic heterocycles. The van der Waals surface area contributed by atoms with Crippen molar-refractivity contribution in [3.8, 4) is 0 Å². The van der Waals surface area contributed by atoms with Crippen molar-refractivity contribution >= 4 is 16.9 Å². The van der Waals surface area contributed by atoms with Crippen molar-refractivity contribution in [2.75, 3.05) is 13.1 Å². The third kappa shape index (κ3) is 3.45. The summed E-state index contributed by atoms with van der Waals surface area (Å²) >= 11 is 0. The van der Waals surface area contributed by atoms with Crippen LogP contribution in [0.3, 0.4) is 0 Å². The van der Waals surface area contributed by atoms with E-state index in [2.05, 4.69) is 19.5 Å². The van der Waals surface area contributed by atoms with Crippen molar-refractivity contribution in [1.82, 2.24) is 24.4 Å². The first-order valence-electron chi connectivity index (χ1n) is 9.18. The summed E-state index contributed by atoms with van der Waals surface area (Å²) in [6, 6.07) is 9.99. The van der Waals surface area contributed by atoms with Crippen molar-refractivity contribution in [1.29, 1.82) is 0 Å². The quantitative estimate of drug-likeness (QED) is 0.726. The molecule has 1 aromatic carbocycles. The molecular weight excluding hydrogens is 326 g/mol. The van der Waals surface area contributed by atoms with E-state index in [9.17, 15) is 4.79 Å². The number of amides is 1. The zero-order valence-electron chi connectivity index (χ0n) is 15.0. The molecule has 2 aromatic heterocycles. The fraction of sp³-hybridized carbons (Fsp3) is 0.400. The van der Waals surface area contributed by atoms with Crippen LogP contribution in [0.15, 0.2) is 42.9 Å². The van der Waals surface area contributed by atoms with Crippen molar-refractivity contribution < 1.29 is 4.79 Å². The molecule has 0 bridgehead atoms. The van der Waals surface area contributed by atoms with Crippen LogP contribution in [0.5, 0.6) is 0 Å². The highest BCUT2D eigenvalue weighted by Crippen LogP contribution is 2.26. The molecule has 1 saturated heterocycles. The monoisotopic (exact) mass is 349 g/mol. The summed E-state index contributed by atoms with van der Waals surface area (Å²) < 4.78 is 2.06. The van der Waals surface area contributed by atoms with Crippen LogP contribution in [0.2, 0.25) is 0 Å². The normalized spacial score (nSPS) is 17.6. The van der Waals surface area contributed by atoms with Gasteiger partial charge in [-0.25, -0.2) is 15.0 Å². The first-order valence-corrected chi connectivity index (χ1v) is 9.18. The molecule has 1 aliphatic rings. The van der Waals surface area contributed by atoms with Crippen LogP contribution in [0, 0.1) is 6.92 Å². The van der Waals surface area contributed by atoms with E-state index in [4.69, 9.17) is 0 Å². The molecule has 26 heavy (non-hydrogen) atoms. The van der Waals surface area contributed by atoms with Crippen LogP contribution in [0.4, 0.5) is 0 Å². The van der Waals surface area contributed by atoms with Gasteiger partial charge in [0.25, 0.3) is 0 Å². The van der Waals surface area contributed by atoms with Gasteiger partial charge in [0.15, 0.2) is 0 Å². The number of imidazole rings is 1. The Morgan fingerprint density at radius 1 is 1.23 bits per heavy atom. The summed E-state index contributed by atoms with van der Waals surface area (Å²) in [5.41, 5.74) is 3.10. The largest absolute Gasteiger partial charge is 0.342 e. The number of piperidine rings is 1. The number of hydrogen-bond donors (Lipinski definition) is 0. The fourth-order valence-electron chi connectivity index (χ4n) is 3.71. The number of aromatic nitrogens is 4. The van der Waals surface area contributed by atoms with Crippen LogP contribution in [0.1, 0.15) is 36.7 Å². The molecule has 0 radical (unpaired) electrons. The van der Waals surface area contributed by atoms with Gasteiger partial charge in [-0.2, -0.15) is 0 Å². The Morgan fingerprint density at radius 2 is 2.12 bits per heavy atom. The van der Waals surface area contributed by atoms with Crippen molar-refractivity contribution in [3.05, 3.63) is 54.4 Å². The van der Waals surface area contributed by atoms with Gasteiger partial charge in [-0.1, -0.05) is 12.1 Å². The maximum absolute atomic E-state index is 12.7. The lowest BCUT2D eigenvalue weighted by Crippen LogP contribution is -2.39. The lowest BCUT2D eigenvalue weighted by atomic mass is 9.94. The molecule has 3 heterocycles. The molecule has 6 nitrogen and oxygen atoms in total. The predicted octanol–water partition coefficient (Wildman–Crippen LogP) is 2.93. The molecule has 0 N–H and O–H groups in total. The van der Waals surface area contributed by atoms with E-state index in [0.29, 0.717) is 18.9 Å². The number of hydrogen-bond acceptors (Lipinski definition) is 4. The topological polar surface area (TPSA) is 63.9 Å². The van der Waals surface area contributed by atoms with Gasteiger partial charge in [0.1, 0.15) is 5.82 Å². The highest BCUT2D eigenvalue weighted by Gasteiger charge is 2.25. The van der Waals surface area contributed by atoms with Gasteiger partial charge in [-0.3, -0.25) is 4.79 Å². The molecule has 0 saturated carbocycles. The Kier molecular flexibility index (Phi) is 4.65. The molecule has 134 valence electrons. The Labute approximate surface area is 152 Å². The SMILES string of the molecule is Cc1nccc(C2CCCN(C(=O)CCn3cnc4ccccc43)C2)n1. The van der Waals surface area contributed by atoms with Crippen molar-refractivity contribution in [2.45, 2.75) is 38.6 Å². The lowest BCUT2D eigenvalue weighted by molar-refractivity contribution is -0.132. The standard InChI is InChI=1S/C20H23N5O/c1-15-21-10-8-17(23-15)16-5-4-11-24(13-16)20(26)9-12-25-14-22-18-6-2-3-7-19(18)25/h2-3,6-8,10,14,16H,4-5,9,11-13H2,1H3.